The van der Waals surface area contributed by atoms with Crippen molar-refractivity contribution in [2.75, 3.05) is 33.5 Å². The summed E-state index contributed by atoms with van der Waals surface area (Å²) in [6.07, 6.45) is 2.92. The third kappa shape index (κ3) is 6.09. The normalized spacial score (nSPS) is 11.8. The van der Waals surface area contributed by atoms with Gasteiger partial charge in [-0.2, -0.15) is 0 Å². The summed E-state index contributed by atoms with van der Waals surface area (Å²) in [5.41, 5.74) is 0.813. The number of methoxy groups -OCH3 is 1. The van der Waals surface area contributed by atoms with Gasteiger partial charge in [-0.05, 0) is 25.1 Å². The van der Waals surface area contributed by atoms with Crippen molar-refractivity contribution in [1.29, 1.82) is 0 Å². The van der Waals surface area contributed by atoms with Gasteiger partial charge in [0.05, 0.1) is 38.1 Å². The molecule has 0 fully saturated rings. The van der Waals surface area contributed by atoms with Crippen LogP contribution in [0.15, 0.2) is 41.7 Å². The highest BCUT2D eigenvalue weighted by atomic mass is 35.5. The molecule has 146 valence electrons. The first-order valence-corrected chi connectivity index (χ1v) is 8.82. The minimum Gasteiger partial charge on any atom is -0.495 e. The van der Waals surface area contributed by atoms with Crippen LogP contribution in [0.5, 0.6) is 5.75 Å². The van der Waals surface area contributed by atoms with Crippen LogP contribution in [-0.4, -0.2) is 50.5 Å². The Bertz CT molecular complexity index is 762. The van der Waals surface area contributed by atoms with Crippen molar-refractivity contribution in [1.82, 2.24) is 10.3 Å². The first-order valence-electron chi connectivity index (χ1n) is 8.44. The zero-order valence-electron chi connectivity index (χ0n) is 15.4. The first-order chi connectivity index (χ1) is 13.1. The maximum absolute atomic E-state index is 12.3. The molecule has 0 aliphatic carbocycles. The van der Waals surface area contributed by atoms with Gasteiger partial charge in [-0.1, -0.05) is 17.7 Å². The molecule has 0 saturated carbocycles. The van der Waals surface area contributed by atoms with Crippen LogP contribution in [0.3, 0.4) is 0 Å². The van der Waals surface area contributed by atoms with Crippen LogP contribution in [0.2, 0.25) is 5.02 Å². The van der Waals surface area contributed by atoms with Gasteiger partial charge in [0, 0.05) is 12.1 Å². The zero-order valence-corrected chi connectivity index (χ0v) is 16.1. The SMILES string of the molecule is C=CC(C)OCCOCCNC(=O)c1ncoc1-c1ccc(OC)c(Cl)c1. The quantitative estimate of drug-likeness (QED) is 0.465. The van der Waals surface area contributed by atoms with Crippen LogP contribution in [0.25, 0.3) is 11.3 Å². The lowest BCUT2D eigenvalue weighted by atomic mass is 10.1. The molecular weight excluding hydrogens is 372 g/mol. The van der Waals surface area contributed by atoms with Crippen molar-refractivity contribution < 1.29 is 23.4 Å². The third-order valence-electron chi connectivity index (χ3n) is 3.67. The molecule has 0 aliphatic heterocycles. The minimum absolute atomic E-state index is 0.00894. The fraction of sp³-hybridized carbons (Fsp3) is 0.368. The number of halogens is 1. The van der Waals surface area contributed by atoms with Gasteiger partial charge in [0.15, 0.2) is 17.8 Å². The van der Waals surface area contributed by atoms with E-state index < -0.39 is 0 Å². The zero-order chi connectivity index (χ0) is 19.6. The summed E-state index contributed by atoms with van der Waals surface area (Å²) >= 11 is 6.13. The van der Waals surface area contributed by atoms with Gasteiger partial charge in [-0.15, -0.1) is 6.58 Å². The molecule has 0 saturated heterocycles. The van der Waals surface area contributed by atoms with E-state index in [2.05, 4.69) is 16.9 Å². The Morgan fingerprint density at radius 2 is 2.22 bits per heavy atom. The van der Waals surface area contributed by atoms with Crippen LogP contribution in [0, 0.1) is 0 Å². The molecule has 2 aromatic rings. The van der Waals surface area contributed by atoms with E-state index in [1.165, 1.54) is 13.5 Å². The largest absolute Gasteiger partial charge is 0.495 e. The number of aromatic nitrogens is 1. The van der Waals surface area contributed by atoms with Gasteiger partial charge in [0.1, 0.15) is 5.75 Å². The summed E-state index contributed by atoms with van der Waals surface area (Å²) in [6.45, 7) is 7.14. The molecule has 0 radical (unpaired) electrons. The Hall–Kier alpha value is -2.35. The topological polar surface area (TPSA) is 82.8 Å². The van der Waals surface area contributed by atoms with Crippen molar-refractivity contribution in [2.45, 2.75) is 13.0 Å². The maximum atomic E-state index is 12.3. The standard InChI is InChI=1S/C19H23ClN2O5/c1-4-13(2)26-10-9-25-8-7-21-19(23)17-18(27-12-22-17)14-5-6-16(24-3)15(20)11-14/h4-6,11-13H,1,7-10H2,2-3H3,(H,21,23). The fourth-order valence-corrected chi connectivity index (χ4v) is 2.46. The number of ether oxygens (including phenoxy) is 3. The van der Waals surface area contributed by atoms with E-state index >= 15 is 0 Å². The molecule has 1 unspecified atom stereocenters. The number of nitrogens with zero attached hydrogens (tertiary/aromatic N) is 1. The summed E-state index contributed by atoms with van der Waals surface area (Å²) in [4.78, 5) is 16.3. The molecule has 1 aromatic heterocycles. The molecule has 7 nitrogen and oxygen atoms in total. The number of hydrogen-bond donors (Lipinski definition) is 1. The second-order valence-corrected chi connectivity index (χ2v) is 5.97. The van der Waals surface area contributed by atoms with E-state index in [1.54, 1.807) is 24.3 Å². The van der Waals surface area contributed by atoms with Gasteiger partial charge in [0.2, 0.25) is 0 Å². The fourth-order valence-electron chi connectivity index (χ4n) is 2.20. The van der Waals surface area contributed by atoms with Gasteiger partial charge >= 0.3 is 0 Å². The molecule has 1 amide bonds. The van der Waals surface area contributed by atoms with E-state index in [-0.39, 0.29) is 17.7 Å². The number of amides is 1. The minimum atomic E-state index is -0.356. The summed E-state index contributed by atoms with van der Waals surface area (Å²) in [5, 5.41) is 3.16. The first kappa shape index (κ1) is 21.0. The number of hydrogen-bond acceptors (Lipinski definition) is 6. The number of nitrogens with one attached hydrogen (secondary N) is 1. The molecule has 0 spiro atoms. The lowest BCUT2D eigenvalue weighted by Crippen LogP contribution is -2.28. The second kappa shape index (κ2) is 10.7. The molecule has 0 aliphatic rings. The lowest BCUT2D eigenvalue weighted by molar-refractivity contribution is 0.0305. The molecule has 1 heterocycles. The third-order valence-corrected chi connectivity index (χ3v) is 3.96. The number of rotatable bonds is 11. The summed E-state index contributed by atoms with van der Waals surface area (Å²) < 4.78 is 21.3. The van der Waals surface area contributed by atoms with Gasteiger partial charge in [-0.25, -0.2) is 4.98 Å². The Labute approximate surface area is 163 Å². The molecule has 1 N–H and O–H groups in total. The van der Waals surface area contributed by atoms with Gasteiger partial charge in [-0.3, -0.25) is 4.79 Å². The van der Waals surface area contributed by atoms with Gasteiger partial charge < -0.3 is 23.9 Å². The Morgan fingerprint density at radius 3 is 2.93 bits per heavy atom. The maximum Gasteiger partial charge on any atom is 0.274 e. The van der Waals surface area contributed by atoms with Crippen molar-refractivity contribution in [3.63, 3.8) is 0 Å². The monoisotopic (exact) mass is 394 g/mol. The Kier molecular flexibility index (Phi) is 8.32. The van der Waals surface area contributed by atoms with E-state index in [9.17, 15) is 4.79 Å². The van der Waals surface area contributed by atoms with Crippen LogP contribution in [-0.2, 0) is 9.47 Å². The van der Waals surface area contributed by atoms with Crippen LogP contribution in [0.1, 0.15) is 17.4 Å². The molecule has 8 heteroatoms. The summed E-state index contributed by atoms with van der Waals surface area (Å²) in [6, 6.07) is 5.10. The summed E-state index contributed by atoms with van der Waals surface area (Å²) in [5.74, 6) is 0.519. The number of carbonyl (C=O) groups excluding carboxylic acids is 1. The smallest absolute Gasteiger partial charge is 0.274 e. The highest BCUT2D eigenvalue weighted by molar-refractivity contribution is 6.32. The molecule has 27 heavy (non-hydrogen) atoms. The molecule has 1 aromatic carbocycles. The van der Waals surface area contributed by atoms with Crippen molar-refractivity contribution in [3.8, 4) is 17.1 Å². The average molecular weight is 395 g/mol. The lowest BCUT2D eigenvalue weighted by Gasteiger charge is -2.09. The number of carbonyl (C=O) groups is 1. The van der Waals surface area contributed by atoms with Gasteiger partial charge in [0.25, 0.3) is 5.91 Å². The van der Waals surface area contributed by atoms with Crippen molar-refractivity contribution >= 4 is 17.5 Å². The number of benzene rings is 1. The average Bonchev–Trinajstić information content (AvgIpc) is 3.16. The molecule has 1 atom stereocenters. The Morgan fingerprint density at radius 1 is 1.41 bits per heavy atom. The van der Waals surface area contributed by atoms with E-state index in [4.69, 9.17) is 30.2 Å². The van der Waals surface area contributed by atoms with Crippen LogP contribution in [0.4, 0.5) is 0 Å². The molecule has 0 bridgehead atoms. The van der Waals surface area contributed by atoms with Crippen LogP contribution >= 0.6 is 11.6 Å². The molecule has 2 rings (SSSR count). The summed E-state index contributed by atoms with van der Waals surface area (Å²) in [7, 11) is 1.53. The van der Waals surface area contributed by atoms with E-state index in [0.29, 0.717) is 48.5 Å². The van der Waals surface area contributed by atoms with E-state index in [1.807, 2.05) is 6.92 Å². The van der Waals surface area contributed by atoms with Crippen LogP contribution < -0.4 is 10.1 Å². The highest BCUT2D eigenvalue weighted by Crippen LogP contribution is 2.31. The van der Waals surface area contributed by atoms with E-state index in [0.717, 1.165) is 0 Å². The second-order valence-electron chi connectivity index (χ2n) is 5.56. The Balaban J connectivity index is 1.83. The number of oxazole rings is 1. The predicted octanol–water partition coefficient (Wildman–Crippen LogP) is 3.34. The highest BCUT2D eigenvalue weighted by Gasteiger charge is 2.19. The van der Waals surface area contributed by atoms with Crippen molar-refractivity contribution in [2.24, 2.45) is 0 Å². The molecular formula is C19H23ClN2O5. The van der Waals surface area contributed by atoms with Crippen molar-refractivity contribution in [3.05, 3.63) is 48.0 Å². The predicted molar refractivity (Wildman–Crippen MR) is 102 cm³/mol.